The zero-order valence-electron chi connectivity index (χ0n) is 26.2. The predicted molar refractivity (Wildman–Crippen MR) is 172 cm³/mol. The maximum absolute atomic E-state index is 12.8. The highest BCUT2D eigenvalue weighted by molar-refractivity contribution is 6.07. The SMILES string of the molecule is CC.CC.CC.CCOC(=O)COc1ccc(Cc2nc(NC(=O)c3ccc(-c4ccccc4)cc3)c(C(N)=O)[nH]2)cc1. The Hall–Kier alpha value is -4.92. The van der Waals surface area contributed by atoms with E-state index in [1.54, 1.807) is 43.3 Å². The molecule has 0 radical (unpaired) electrons. The summed E-state index contributed by atoms with van der Waals surface area (Å²) < 4.78 is 10.2. The summed E-state index contributed by atoms with van der Waals surface area (Å²) in [5, 5.41) is 2.67. The molecule has 0 fully saturated rings. The predicted octanol–water partition coefficient (Wildman–Crippen LogP) is 7.04. The number of carbonyl (C=O) groups excluding carboxylic acids is 3. The fraction of sp³-hybridized carbons (Fsp3) is 0.294. The molecular weight excluding hydrogens is 544 g/mol. The molecular formula is C34H44N4O5. The van der Waals surface area contributed by atoms with Gasteiger partial charge in [0.25, 0.3) is 11.8 Å². The number of aromatic nitrogens is 2. The van der Waals surface area contributed by atoms with Crippen molar-refractivity contribution in [3.63, 3.8) is 0 Å². The molecule has 0 aliphatic carbocycles. The molecule has 0 aliphatic heterocycles. The molecule has 0 unspecified atom stereocenters. The van der Waals surface area contributed by atoms with Gasteiger partial charge in [-0.2, -0.15) is 0 Å². The lowest BCUT2D eigenvalue weighted by Crippen LogP contribution is -2.18. The number of nitrogens with one attached hydrogen (secondary N) is 2. The van der Waals surface area contributed by atoms with Gasteiger partial charge in [-0.1, -0.05) is 96.1 Å². The molecule has 1 aromatic heterocycles. The number of esters is 1. The first-order chi connectivity index (χ1) is 20.9. The Morgan fingerprint density at radius 3 is 1.95 bits per heavy atom. The molecule has 0 saturated carbocycles. The summed E-state index contributed by atoms with van der Waals surface area (Å²) in [6.07, 6.45) is 0.347. The number of rotatable bonds is 10. The maximum atomic E-state index is 12.8. The molecule has 3 aromatic carbocycles. The minimum absolute atomic E-state index is 0.0126. The van der Waals surface area contributed by atoms with Crippen LogP contribution >= 0.6 is 0 Å². The van der Waals surface area contributed by atoms with E-state index in [1.165, 1.54) is 0 Å². The van der Waals surface area contributed by atoms with Crippen molar-refractivity contribution < 1.29 is 23.9 Å². The standard InChI is InChI=1S/C28H26N4O5.3C2H6/c1-2-36-24(33)17-37-22-14-8-18(9-15-22)16-23-30-25(26(29)34)27(31-23)32-28(35)21-12-10-20(11-13-21)19-6-4-3-5-7-19;3*1-2/h3-15H,2,16-17H2,1H3,(H2,29,34)(H,30,31)(H,32,35);3*1-2H3. The van der Waals surface area contributed by atoms with Crippen LogP contribution in [0.3, 0.4) is 0 Å². The number of ether oxygens (including phenoxy) is 2. The Bertz CT molecular complexity index is 1380. The van der Waals surface area contributed by atoms with Gasteiger partial charge in [-0.05, 0) is 47.9 Å². The molecule has 43 heavy (non-hydrogen) atoms. The van der Waals surface area contributed by atoms with Crippen molar-refractivity contribution in [2.45, 2.75) is 54.9 Å². The Kier molecular flexibility index (Phi) is 16.8. The summed E-state index contributed by atoms with van der Waals surface area (Å²) >= 11 is 0. The number of hydrogen-bond acceptors (Lipinski definition) is 6. The Balaban J connectivity index is 0.00000145. The van der Waals surface area contributed by atoms with Gasteiger partial charge in [-0.3, -0.25) is 9.59 Å². The van der Waals surface area contributed by atoms with Crippen molar-refractivity contribution in [2.75, 3.05) is 18.5 Å². The number of aromatic amines is 1. The largest absolute Gasteiger partial charge is 0.482 e. The van der Waals surface area contributed by atoms with E-state index in [1.807, 2.05) is 84.0 Å². The summed E-state index contributed by atoms with van der Waals surface area (Å²) in [5.74, 6) is -0.569. The van der Waals surface area contributed by atoms with Crippen LogP contribution in [-0.2, 0) is 16.0 Å². The number of hydrogen-bond donors (Lipinski definition) is 3. The first-order valence-corrected chi connectivity index (χ1v) is 14.7. The number of H-pyrrole nitrogens is 1. The van der Waals surface area contributed by atoms with E-state index in [0.29, 0.717) is 30.2 Å². The van der Waals surface area contributed by atoms with Gasteiger partial charge < -0.3 is 25.5 Å². The quantitative estimate of drug-likeness (QED) is 0.170. The van der Waals surface area contributed by atoms with E-state index in [2.05, 4.69) is 15.3 Å². The number of nitrogens with zero attached hydrogens (tertiary/aromatic N) is 1. The summed E-state index contributed by atoms with van der Waals surface area (Å²) in [5.41, 5.74) is 8.82. The first kappa shape index (κ1) is 36.1. The highest BCUT2D eigenvalue weighted by Crippen LogP contribution is 2.21. The smallest absolute Gasteiger partial charge is 0.344 e. The number of amides is 2. The summed E-state index contributed by atoms with van der Waals surface area (Å²) in [6, 6.07) is 24.0. The molecule has 0 aliphatic rings. The fourth-order valence-electron chi connectivity index (χ4n) is 3.64. The molecule has 0 bridgehead atoms. The van der Waals surface area contributed by atoms with Crippen LogP contribution in [0.15, 0.2) is 78.9 Å². The van der Waals surface area contributed by atoms with Crippen molar-refractivity contribution in [1.82, 2.24) is 9.97 Å². The van der Waals surface area contributed by atoms with E-state index in [4.69, 9.17) is 15.2 Å². The van der Waals surface area contributed by atoms with Crippen LogP contribution < -0.4 is 15.8 Å². The van der Waals surface area contributed by atoms with Crippen LogP contribution in [0.2, 0.25) is 0 Å². The molecule has 9 heteroatoms. The van der Waals surface area contributed by atoms with Crippen molar-refractivity contribution in [3.05, 3.63) is 102 Å². The van der Waals surface area contributed by atoms with Crippen molar-refractivity contribution in [1.29, 1.82) is 0 Å². The van der Waals surface area contributed by atoms with Crippen LogP contribution in [0, 0.1) is 0 Å². The average Bonchev–Trinajstić information content (AvgIpc) is 3.46. The second-order valence-electron chi connectivity index (χ2n) is 8.08. The Morgan fingerprint density at radius 2 is 1.40 bits per heavy atom. The zero-order valence-corrected chi connectivity index (χ0v) is 26.2. The third-order valence-corrected chi connectivity index (χ3v) is 5.44. The molecule has 1 heterocycles. The lowest BCUT2D eigenvalue weighted by molar-refractivity contribution is -0.145. The van der Waals surface area contributed by atoms with Gasteiger partial charge in [-0.25, -0.2) is 9.78 Å². The Labute approximate surface area is 254 Å². The average molecular weight is 589 g/mol. The van der Waals surface area contributed by atoms with Crippen LogP contribution in [0.1, 0.15) is 80.7 Å². The minimum atomic E-state index is -0.740. The molecule has 230 valence electrons. The second kappa shape index (κ2) is 20.0. The topological polar surface area (TPSA) is 136 Å². The van der Waals surface area contributed by atoms with E-state index >= 15 is 0 Å². The van der Waals surface area contributed by atoms with Gasteiger partial charge in [-0.15, -0.1) is 0 Å². The van der Waals surface area contributed by atoms with Crippen LogP contribution in [0.25, 0.3) is 11.1 Å². The number of anilines is 1. The fourth-order valence-corrected chi connectivity index (χ4v) is 3.64. The number of benzene rings is 3. The lowest BCUT2D eigenvalue weighted by Gasteiger charge is -2.06. The normalized spacial score (nSPS) is 9.47. The molecule has 4 rings (SSSR count). The van der Waals surface area contributed by atoms with Gasteiger partial charge in [0.2, 0.25) is 0 Å². The highest BCUT2D eigenvalue weighted by Gasteiger charge is 2.18. The molecule has 2 amide bonds. The van der Waals surface area contributed by atoms with Gasteiger partial charge in [0, 0.05) is 12.0 Å². The van der Waals surface area contributed by atoms with E-state index in [-0.39, 0.29) is 18.1 Å². The second-order valence-corrected chi connectivity index (χ2v) is 8.08. The number of carbonyl (C=O) groups is 3. The number of primary amides is 1. The maximum Gasteiger partial charge on any atom is 0.344 e. The van der Waals surface area contributed by atoms with Crippen LogP contribution in [0.4, 0.5) is 5.82 Å². The highest BCUT2D eigenvalue weighted by atomic mass is 16.6. The van der Waals surface area contributed by atoms with Gasteiger partial charge in [0.1, 0.15) is 17.3 Å². The van der Waals surface area contributed by atoms with E-state index < -0.39 is 17.8 Å². The third kappa shape index (κ3) is 11.5. The monoisotopic (exact) mass is 588 g/mol. The molecule has 4 aromatic rings. The summed E-state index contributed by atoms with van der Waals surface area (Å²) in [6.45, 7) is 13.8. The van der Waals surface area contributed by atoms with Gasteiger partial charge in [0.05, 0.1) is 6.61 Å². The zero-order chi connectivity index (χ0) is 32.2. The molecule has 9 nitrogen and oxygen atoms in total. The van der Waals surface area contributed by atoms with E-state index in [9.17, 15) is 14.4 Å². The molecule has 0 saturated heterocycles. The molecule has 4 N–H and O–H groups in total. The third-order valence-electron chi connectivity index (χ3n) is 5.44. The number of imidazole rings is 1. The minimum Gasteiger partial charge on any atom is -0.482 e. The number of nitrogens with two attached hydrogens (primary N) is 1. The van der Waals surface area contributed by atoms with Gasteiger partial charge in [0.15, 0.2) is 12.4 Å². The first-order valence-electron chi connectivity index (χ1n) is 14.7. The summed E-state index contributed by atoms with van der Waals surface area (Å²) in [4.78, 5) is 43.5. The van der Waals surface area contributed by atoms with Crippen molar-refractivity contribution >= 4 is 23.6 Å². The van der Waals surface area contributed by atoms with Crippen LogP contribution in [0.5, 0.6) is 5.75 Å². The van der Waals surface area contributed by atoms with Gasteiger partial charge >= 0.3 is 5.97 Å². The van der Waals surface area contributed by atoms with E-state index in [0.717, 1.165) is 16.7 Å². The lowest BCUT2D eigenvalue weighted by atomic mass is 10.0. The summed E-state index contributed by atoms with van der Waals surface area (Å²) in [7, 11) is 0. The molecule has 0 atom stereocenters. The van der Waals surface area contributed by atoms with Crippen molar-refractivity contribution in [2.24, 2.45) is 5.73 Å². The van der Waals surface area contributed by atoms with Crippen LogP contribution in [-0.4, -0.2) is 41.0 Å². The molecule has 0 spiro atoms. The van der Waals surface area contributed by atoms with Crippen molar-refractivity contribution in [3.8, 4) is 16.9 Å². The Morgan fingerprint density at radius 1 is 0.814 bits per heavy atom.